The van der Waals surface area contributed by atoms with Crippen molar-refractivity contribution in [3.63, 3.8) is 0 Å². The Morgan fingerprint density at radius 3 is 2.94 bits per heavy atom. The number of hydrogen-bond acceptors (Lipinski definition) is 4. The van der Waals surface area contributed by atoms with Gasteiger partial charge in [0, 0.05) is 24.6 Å². The maximum absolute atomic E-state index is 11.6. The van der Waals surface area contributed by atoms with Crippen molar-refractivity contribution in [2.24, 2.45) is 0 Å². The second-order valence-electron chi connectivity index (χ2n) is 3.98. The first-order chi connectivity index (χ1) is 8.54. The maximum atomic E-state index is 11.6. The molecule has 2 amide bonds. The molecule has 1 heterocycles. The molecule has 96 valence electrons. The molecule has 0 bridgehead atoms. The summed E-state index contributed by atoms with van der Waals surface area (Å²) in [6.07, 6.45) is -1.07. The van der Waals surface area contributed by atoms with Crippen LogP contribution in [0.2, 0.25) is 0 Å². The number of amides is 2. The lowest BCUT2D eigenvalue weighted by atomic mass is 10.1. The number of aliphatic hydroxyl groups excluding tert-OH is 1. The minimum absolute atomic E-state index is 0.0510. The Balaban J connectivity index is 2.19. The van der Waals surface area contributed by atoms with Gasteiger partial charge in [0.05, 0.1) is 11.4 Å². The Morgan fingerprint density at radius 1 is 1.56 bits per heavy atom. The number of fused-ring (bicyclic) bond motifs is 1. The van der Waals surface area contributed by atoms with Crippen LogP contribution in [0.4, 0.5) is 5.69 Å². The van der Waals surface area contributed by atoms with Gasteiger partial charge in [-0.3, -0.25) is 9.59 Å². The number of carbonyl (C=O) groups is 2. The summed E-state index contributed by atoms with van der Waals surface area (Å²) in [6, 6.07) is 5.35. The van der Waals surface area contributed by atoms with Crippen LogP contribution in [-0.4, -0.2) is 36.8 Å². The van der Waals surface area contributed by atoms with E-state index >= 15 is 0 Å². The first kappa shape index (κ1) is 12.9. The van der Waals surface area contributed by atoms with Crippen LogP contribution in [0.15, 0.2) is 23.1 Å². The summed E-state index contributed by atoms with van der Waals surface area (Å²) in [5.74, 6) is -0.0430. The molecule has 0 aromatic heterocycles. The van der Waals surface area contributed by atoms with Crippen LogP contribution in [0.5, 0.6) is 0 Å². The summed E-state index contributed by atoms with van der Waals surface area (Å²) in [5.41, 5.74) is 1.32. The van der Waals surface area contributed by atoms with E-state index in [0.717, 1.165) is 4.90 Å². The molecule has 0 radical (unpaired) electrons. The minimum Gasteiger partial charge on any atom is -0.378 e. The third-order valence-corrected chi connectivity index (χ3v) is 3.86. The number of rotatable bonds is 3. The van der Waals surface area contributed by atoms with Crippen molar-refractivity contribution < 1.29 is 14.7 Å². The summed E-state index contributed by atoms with van der Waals surface area (Å²) in [4.78, 5) is 25.1. The summed E-state index contributed by atoms with van der Waals surface area (Å²) in [6.45, 7) is 0. The van der Waals surface area contributed by atoms with Gasteiger partial charge in [-0.05, 0) is 12.1 Å². The average molecular weight is 266 g/mol. The predicted molar refractivity (Wildman–Crippen MR) is 69.6 cm³/mol. The highest BCUT2D eigenvalue weighted by atomic mass is 32.2. The summed E-state index contributed by atoms with van der Waals surface area (Å²) < 4.78 is 0. The Morgan fingerprint density at radius 2 is 2.28 bits per heavy atom. The fourth-order valence-electron chi connectivity index (χ4n) is 1.79. The van der Waals surface area contributed by atoms with Gasteiger partial charge >= 0.3 is 0 Å². The standard InChI is InChI=1S/C12H14N2O3S/c1-13-10(15)6-18-7-3-4-8-9(5-7)14(2)12(17)11(8)16/h3-5,11,16H,6H2,1-2H3,(H,13,15). The van der Waals surface area contributed by atoms with Crippen molar-refractivity contribution in [1.29, 1.82) is 0 Å². The number of hydrogen-bond donors (Lipinski definition) is 2. The monoisotopic (exact) mass is 266 g/mol. The van der Waals surface area contributed by atoms with Crippen molar-refractivity contribution in [3.8, 4) is 0 Å². The van der Waals surface area contributed by atoms with Crippen molar-refractivity contribution in [2.75, 3.05) is 24.7 Å². The number of benzene rings is 1. The Hall–Kier alpha value is -1.53. The van der Waals surface area contributed by atoms with E-state index in [-0.39, 0.29) is 11.8 Å². The van der Waals surface area contributed by atoms with Crippen LogP contribution in [0.1, 0.15) is 11.7 Å². The second kappa shape index (κ2) is 4.99. The van der Waals surface area contributed by atoms with Gasteiger partial charge in [-0.2, -0.15) is 0 Å². The molecule has 0 fully saturated rings. The average Bonchev–Trinajstić information content (AvgIpc) is 2.61. The van der Waals surface area contributed by atoms with Gasteiger partial charge in [0.2, 0.25) is 5.91 Å². The van der Waals surface area contributed by atoms with Gasteiger partial charge in [0.1, 0.15) is 0 Å². The summed E-state index contributed by atoms with van der Waals surface area (Å²) in [5, 5.41) is 12.3. The molecule has 0 saturated heterocycles. The molecule has 0 saturated carbocycles. The SMILES string of the molecule is CNC(=O)CSc1ccc2c(c1)N(C)C(=O)C2O. The Kier molecular flexibility index (Phi) is 3.58. The van der Waals surface area contributed by atoms with Crippen LogP contribution >= 0.6 is 11.8 Å². The van der Waals surface area contributed by atoms with E-state index in [4.69, 9.17) is 0 Å². The number of nitrogens with one attached hydrogen (secondary N) is 1. The van der Waals surface area contributed by atoms with E-state index in [1.807, 2.05) is 12.1 Å². The summed E-state index contributed by atoms with van der Waals surface area (Å²) >= 11 is 1.39. The highest BCUT2D eigenvalue weighted by Gasteiger charge is 2.33. The van der Waals surface area contributed by atoms with Gasteiger partial charge < -0.3 is 15.3 Å². The van der Waals surface area contributed by atoms with E-state index in [1.54, 1.807) is 20.2 Å². The van der Waals surface area contributed by atoms with Gasteiger partial charge in [0.15, 0.2) is 6.10 Å². The quantitative estimate of drug-likeness (QED) is 0.783. The molecular weight excluding hydrogens is 252 g/mol. The zero-order valence-corrected chi connectivity index (χ0v) is 11.0. The number of likely N-dealkylation sites (N-methyl/N-ethyl adjacent to an activating group) is 1. The van der Waals surface area contributed by atoms with Crippen LogP contribution in [-0.2, 0) is 9.59 Å². The van der Waals surface area contributed by atoms with Crippen LogP contribution in [0.3, 0.4) is 0 Å². The van der Waals surface area contributed by atoms with Crippen molar-refractivity contribution in [2.45, 2.75) is 11.0 Å². The molecule has 1 atom stereocenters. The van der Waals surface area contributed by atoms with Gasteiger partial charge in [-0.1, -0.05) is 6.07 Å². The Labute approximate surface area is 109 Å². The first-order valence-electron chi connectivity index (χ1n) is 5.47. The lowest BCUT2D eigenvalue weighted by molar-refractivity contribution is -0.125. The fraction of sp³-hybridized carbons (Fsp3) is 0.333. The summed E-state index contributed by atoms with van der Waals surface area (Å²) in [7, 11) is 3.22. The molecule has 2 rings (SSSR count). The maximum Gasteiger partial charge on any atom is 0.260 e. The largest absolute Gasteiger partial charge is 0.378 e. The topological polar surface area (TPSA) is 69.6 Å². The minimum atomic E-state index is -1.07. The molecule has 1 unspecified atom stereocenters. The highest BCUT2D eigenvalue weighted by Crippen LogP contribution is 2.37. The number of nitrogens with zero attached hydrogens (tertiary/aromatic N) is 1. The molecule has 1 aromatic carbocycles. The number of anilines is 1. The van der Waals surface area contributed by atoms with E-state index in [9.17, 15) is 14.7 Å². The number of carbonyl (C=O) groups excluding carboxylic acids is 2. The third kappa shape index (κ3) is 2.21. The van der Waals surface area contributed by atoms with Gasteiger partial charge in [-0.25, -0.2) is 0 Å². The van der Waals surface area contributed by atoms with Crippen LogP contribution in [0, 0.1) is 0 Å². The van der Waals surface area contributed by atoms with E-state index in [1.165, 1.54) is 16.7 Å². The number of aliphatic hydroxyl groups is 1. The lowest BCUT2D eigenvalue weighted by Gasteiger charge is -2.10. The molecule has 1 aromatic rings. The normalized spacial score (nSPS) is 17.8. The van der Waals surface area contributed by atoms with E-state index in [2.05, 4.69) is 5.32 Å². The van der Waals surface area contributed by atoms with Crippen molar-refractivity contribution in [3.05, 3.63) is 23.8 Å². The zero-order valence-electron chi connectivity index (χ0n) is 10.1. The third-order valence-electron chi connectivity index (χ3n) is 2.87. The molecule has 5 nitrogen and oxygen atoms in total. The predicted octanol–water partition coefficient (Wildman–Crippen LogP) is 0.534. The van der Waals surface area contributed by atoms with E-state index < -0.39 is 6.10 Å². The van der Waals surface area contributed by atoms with E-state index in [0.29, 0.717) is 17.0 Å². The molecule has 1 aliphatic heterocycles. The second-order valence-corrected chi connectivity index (χ2v) is 5.03. The zero-order chi connectivity index (χ0) is 13.3. The van der Waals surface area contributed by atoms with Gasteiger partial charge in [0.25, 0.3) is 5.91 Å². The van der Waals surface area contributed by atoms with Crippen molar-refractivity contribution >= 4 is 29.3 Å². The highest BCUT2D eigenvalue weighted by molar-refractivity contribution is 8.00. The molecule has 2 N–H and O–H groups in total. The molecule has 1 aliphatic rings. The molecule has 6 heteroatoms. The smallest absolute Gasteiger partial charge is 0.260 e. The lowest BCUT2D eigenvalue weighted by Crippen LogP contribution is -2.23. The molecular formula is C12H14N2O3S. The first-order valence-corrected chi connectivity index (χ1v) is 6.46. The fourth-order valence-corrected chi connectivity index (χ4v) is 2.59. The Bertz CT molecular complexity index is 504. The molecule has 18 heavy (non-hydrogen) atoms. The molecule has 0 aliphatic carbocycles. The van der Waals surface area contributed by atoms with Gasteiger partial charge in [-0.15, -0.1) is 11.8 Å². The van der Waals surface area contributed by atoms with Crippen LogP contribution < -0.4 is 10.2 Å². The van der Waals surface area contributed by atoms with Crippen LogP contribution in [0.25, 0.3) is 0 Å². The molecule has 0 spiro atoms. The van der Waals surface area contributed by atoms with Crippen molar-refractivity contribution in [1.82, 2.24) is 5.32 Å². The number of thioether (sulfide) groups is 1.